The molecule has 0 saturated heterocycles. The van der Waals surface area contributed by atoms with Crippen molar-refractivity contribution >= 4 is 44.3 Å². The smallest absolute Gasteiger partial charge is 0.139 e. The summed E-state index contributed by atoms with van der Waals surface area (Å²) < 4.78 is 2.04. The second-order valence-electron chi connectivity index (χ2n) is 2.20. The summed E-state index contributed by atoms with van der Waals surface area (Å²) in [7, 11) is 0. The monoisotopic (exact) mass is 338 g/mol. The van der Waals surface area contributed by atoms with Gasteiger partial charge in [0.1, 0.15) is 5.82 Å². The highest BCUT2D eigenvalue weighted by molar-refractivity contribution is 14.1. The lowest BCUT2D eigenvalue weighted by atomic mass is 10.4. The van der Waals surface area contributed by atoms with Crippen LogP contribution in [0.15, 0.2) is 29.4 Å². The summed E-state index contributed by atoms with van der Waals surface area (Å²) >= 11 is 5.51. The lowest BCUT2D eigenvalue weighted by Crippen LogP contribution is -2.03. The van der Waals surface area contributed by atoms with Crippen LogP contribution in [-0.4, -0.2) is 11.5 Å². The molecule has 12 heavy (non-hydrogen) atoms. The number of hydrogen-bond donors (Lipinski definition) is 1. The molecule has 0 fully saturated rings. The number of hydrogen-bond acceptors (Lipinski definition) is 2. The number of anilines is 1. The second kappa shape index (κ2) is 4.81. The zero-order valence-electron chi connectivity index (χ0n) is 6.35. The molecule has 1 rings (SSSR count). The van der Waals surface area contributed by atoms with E-state index in [-0.39, 0.29) is 0 Å². The van der Waals surface area contributed by atoms with Crippen LogP contribution in [0.3, 0.4) is 0 Å². The molecular formula is C8H8BrIN2. The van der Waals surface area contributed by atoms with E-state index >= 15 is 0 Å². The van der Waals surface area contributed by atoms with Gasteiger partial charge >= 0.3 is 0 Å². The summed E-state index contributed by atoms with van der Waals surface area (Å²) in [5.74, 6) is 0.902. The molecule has 0 bridgehead atoms. The van der Waals surface area contributed by atoms with Crippen LogP contribution in [0.2, 0.25) is 0 Å². The SMILES string of the molecule is C=C(Br)CNc1ncccc1I. The normalized spacial score (nSPS) is 9.50. The molecule has 0 aromatic carbocycles. The predicted molar refractivity (Wildman–Crippen MR) is 63.5 cm³/mol. The van der Waals surface area contributed by atoms with Crippen LogP contribution in [0.4, 0.5) is 5.82 Å². The number of pyridine rings is 1. The third kappa shape index (κ3) is 3.10. The summed E-state index contributed by atoms with van der Waals surface area (Å²) in [6.07, 6.45) is 1.77. The molecule has 1 aromatic rings. The number of nitrogens with zero attached hydrogens (tertiary/aromatic N) is 1. The van der Waals surface area contributed by atoms with Crippen molar-refractivity contribution in [1.82, 2.24) is 4.98 Å². The Morgan fingerprint density at radius 3 is 3.08 bits per heavy atom. The Morgan fingerprint density at radius 1 is 1.75 bits per heavy atom. The summed E-state index contributed by atoms with van der Waals surface area (Å²) in [5.41, 5.74) is 0. The summed E-state index contributed by atoms with van der Waals surface area (Å²) in [6, 6.07) is 3.92. The van der Waals surface area contributed by atoms with Crippen molar-refractivity contribution in [3.63, 3.8) is 0 Å². The van der Waals surface area contributed by atoms with Gasteiger partial charge in [-0.15, -0.1) is 0 Å². The molecule has 1 N–H and O–H groups in total. The van der Waals surface area contributed by atoms with Crippen LogP contribution in [0.25, 0.3) is 0 Å². The Balaban J connectivity index is 2.63. The van der Waals surface area contributed by atoms with Crippen LogP contribution in [-0.2, 0) is 0 Å². The van der Waals surface area contributed by atoms with Gasteiger partial charge in [0.2, 0.25) is 0 Å². The molecular weight excluding hydrogens is 331 g/mol. The molecule has 0 atom stereocenters. The van der Waals surface area contributed by atoms with E-state index < -0.39 is 0 Å². The first-order valence-electron chi connectivity index (χ1n) is 3.38. The van der Waals surface area contributed by atoms with Crippen molar-refractivity contribution in [1.29, 1.82) is 0 Å². The number of rotatable bonds is 3. The lowest BCUT2D eigenvalue weighted by molar-refractivity contribution is 1.21. The van der Waals surface area contributed by atoms with Crippen molar-refractivity contribution in [3.05, 3.63) is 33.0 Å². The molecule has 2 nitrogen and oxygen atoms in total. The van der Waals surface area contributed by atoms with Crippen molar-refractivity contribution in [2.75, 3.05) is 11.9 Å². The third-order valence-corrected chi connectivity index (χ3v) is 2.36. The van der Waals surface area contributed by atoms with Crippen LogP contribution < -0.4 is 5.32 Å². The maximum atomic E-state index is 4.17. The van der Waals surface area contributed by atoms with Crippen molar-refractivity contribution in [2.45, 2.75) is 0 Å². The Labute approximate surface area is 93.7 Å². The van der Waals surface area contributed by atoms with Gasteiger partial charge in [-0.1, -0.05) is 22.5 Å². The molecule has 0 radical (unpaired) electrons. The molecule has 0 aliphatic rings. The average molecular weight is 339 g/mol. The van der Waals surface area contributed by atoms with Gasteiger partial charge in [0.25, 0.3) is 0 Å². The fraction of sp³-hybridized carbons (Fsp3) is 0.125. The number of aromatic nitrogens is 1. The van der Waals surface area contributed by atoms with Gasteiger partial charge in [0.15, 0.2) is 0 Å². The highest BCUT2D eigenvalue weighted by atomic mass is 127. The predicted octanol–water partition coefficient (Wildman–Crippen LogP) is 3.01. The average Bonchev–Trinajstić information content (AvgIpc) is 2.03. The van der Waals surface area contributed by atoms with E-state index in [2.05, 4.69) is 55.4 Å². The van der Waals surface area contributed by atoms with Crippen LogP contribution >= 0.6 is 38.5 Å². The summed E-state index contributed by atoms with van der Waals surface area (Å²) in [4.78, 5) is 4.17. The topological polar surface area (TPSA) is 24.9 Å². The number of halogens is 2. The highest BCUT2D eigenvalue weighted by Gasteiger charge is 1.97. The van der Waals surface area contributed by atoms with Crippen LogP contribution in [0, 0.1) is 3.57 Å². The fourth-order valence-corrected chi connectivity index (χ4v) is 1.37. The van der Waals surface area contributed by atoms with Gasteiger partial charge in [0, 0.05) is 17.2 Å². The van der Waals surface area contributed by atoms with E-state index in [0.29, 0.717) is 6.54 Å². The molecule has 0 aliphatic carbocycles. The number of nitrogens with one attached hydrogen (secondary N) is 1. The van der Waals surface area contributed by atoms with Gasteiger partial charge in [-0.2, -0.15) is 0 Å². The first kappa shape index (κ1) is 9.98. The Bertz CT molecular complexity index is 288. The summed E-state index contributed by atoms with van der Waals surface area (Å²) in [5, 5.41) is 3.15. The van der Waals surface area contributed by atoms with Crippen molar-refractivity contribution < 1.29 is 0 Å². The quantitative estimate of drug-likeness (QED) is 0.857. The van der Waals surface area contributed by atoms with E-state index in [1.165, 1.54) is 0 Å². The molecule has 4 heteroatoms. The molecule has 1 aromatic heterocycles. The molecule has 64 valence electrons. The first-order valence-corrected chi connectivity index (χ1v) is 5.25. The van der Waals surface area contributed by atoms with Crippen LogP contribution in [0.5, 0.6) is 0 Å². The van der Waals surface area contributed by atoms with Gasteiger partial charge in [-0.05, 0) is 34.7 Å². The zero-order valence-corrected chi connectivity index (χ0v) is 10.1. The second-order valence-corrected chi connectivity index (χ2v) is 4.49. The van der Waals surface area contributed by atoms with Crippen molar-refractivity contribution in [2.24, 2.45) is 0 Å². The Kier molecular flexibility index (Phi) is 4.00. The van der Waals surface area contributed by atoms with E-state index in [4.69, 9.17) is 0 Å². The van der Waals surface area contributed by atoms with Gasteiger partial charge in [-0.25, -0.2) is 4.98 Å². The van der Waals surface area contributed by atoms with Gasteiger partial charge in [-0.3, -0.25) is 0 Å². The molecule has 1 heterocycles. The first-order chi connectivity index (χ1) is 5.70. The third-order valence-electron chi connectivity index (χ3n) is 1.21. The van der Waals surface area contributed by atoms with E-state index in [1.807, 2.05) is 12.1 Å². The largest absolute Gasteiger partial charge is 0.365 e. The highest BCUT2D eigenvalue weighted by Crippen LogP contribution is 2.14. The van der Waals surface area contributed by atoms with Crippen molar-refractivity contribution in [3.8, 4) is 0 Å². The Morgan fingerprint density at radius 2 is 2.50 bits per heavy atom. The molecule has 0 unspecified atom stereocenters. The molecule has 0 amide bonds. The zero-order chi connectivity index (χ0) is 8.97. The molecule has 0 saturated carbocycles. The minimum atomic E-state index is 0.701. The van der Waals surface area contributed by atoms with Gasteiger partial charge < -0.3 is 5.32 Å². The maximum Gasteiger partial charge on any atom is 0.139 e. The van der Waals surface area contributed by atoms with E-state index in [1.54, 1.807) is 6.20 Å². The summed E-state index contributed by atoms with van der Waals surface area (Å²) in [6.45, 7) is 4.43. The molecule has 0 aliphatic heterocycles. The fourth-order valence-electron chi connectivity index (χ4n) is 0.695. The van der Waals surface area contributed by atoms with E-state index in [9.17, 15) is 0 Å². The minimum absolute atomic E-state index is 0.701. The van der Waals surface area contributed by atoms with Gasteiger partial charge in [0.05, 0.1) is 3.57 Å². The van der Waals surface area contributed by atoms with E-state index in [0.717, 1.165) is 13.9 Å². The van der Waals surface area contributed by atoms with Crippen LogP contribution in [0.1, 0.15) is 0 Å². The lowest BCUT2D eigenvalue weighted by Gasteiger charge is -2.04. The standard InChI is InChI=1S/C8H8BrIN2/c1-6(9)5-12-8-7(10)3-2-4-11-8/h2-4H,1,5H2,(H,11,12). The minimum Gasteiger partial charge on any atom is -0.365 e. The maximum absolute atomic E-state index is 4.17. The molecule has 0 spiro atoms. The Hall–Kier alpha value is -0.100.